The highest BCUT2D eigenvalue weighted by atomic mass is 32.2. The Bertz CT molecular complexity index is 539. The largest absolute Gasteiger partial charge is 0.480 e. The smallest absolute Gasteiger partial charge is 0.323 e. The van der Waals surface area contributed by atoms with Crippen molar-refractivity contribution in [3.05, 3.63) is 24.3 Å². The van der Waals surface area contributed by atoms with E-state index in [0.717, 1.165) is 6.42 Å². The van der Waals surface area contributed by atoms with E-state index in [-0.39, 0.29) is 17.5 Å². The fraction of sp³-hybridized carbons (Fsp3) is 0.417. The molecule has 106 valence electrons. The summed E-state index contributed by atoms with van der Waals surface area (Å²) in [6, 6.07) is 5.92. The molecule has 1 aromatic rings. The highest BCUT2D eigenvalue weighted by molar-refractivity contribution is 7.89. The Labute approximate surface area is 112 Å². The summed E-state index contributed by atoms with van der Waals surface area (Å²) in [4.78, 5) is 12.6. The van der Waals surface area contributed by atoms with Gasteiger partial charge >= 0.3 is 5.97 Å². The van der Waals surface area contributed by atoms with Crippen LogP contribution in [0.4, 0.5) is 5.69 Å². The van der Waals surface area contributed by atoms with Crippen LogP contribution in [0.2, 0.25) is 0 Å². The van der Waals surface area contributed by atoms with Crippen molar-refractivity contribution in [1.29, 1.82) is 0 Å². The summed E-state index contributed by atoms with van der Waals surface area (Å²) in [5.41, 5.74) is 0.657. The molecule has 0 amide bonds. The predicted octanol–water partition coefficient (Wildman–Crippen LogP) is 1.02. The van der Waals surface area contributed by atoms with Gasteiger partial charge in [0.1, 0.15) is 6.54 Å². The first-order valence-electron chi connectivity index (χ1n) is 5.87. The van der Waals surface area contributed by atoms with Crippen molar-refractivity contribution in [2.75, 3.05) is 11.4 Å². The molecule has 0 heterocycles. The van der Waals surface area contributed by atoms with Gasteiger partial charge in [-0.25, -0.2) is 13.6 Å². The van der Waals surface area contributed by atoms with Gasteiger partial charge in [0.15, 0.2) is 0 Å². The number of benzene rings is 1. The number of hydrogen-bond acceptors (Lipinski definition) is 4. The average Bonchev–Trinajstić information content (AvgIpc) is 2.34. The highest BCUT2D eigenvalue weighted by Gasteiger charge is 2.17. The van der Waals surface area contributed by atoms with Crippen LogP contribution < -0.4 is 10.0 Å². The number of primary sulfonamides is 1. The first-order valence-corrected chi connectivity index (χ1v) is 7.41. The number of sulfonamides is 1. The molecule has 0 radical (unpaired) electrons. The van der Waals surface area contributed by atoms with E-state index in [1.54, 1.807) is 17.0 Å². The third-order valence-electron chi connectivity index (χ3n) is 2.93. The number of nitrogens with zero attached hydrogens (tertiary/aromatic N) is 1. The van der Waals surface area contributed by atoms with Gasteiger partial charge in [-0.05, 0) is 37.6 Å². The van der Waals surface area contributed by atoms with Gasteiger partial charge in [-0.1, -0.05) is 6.92 Å². The van der Waals surface area contributed by atoms with Gasteiger partial charge in [0, 0.05) is 11.7 Å². The minimum atomic E-state index is -3.73. The Balaban J connectivity index is 3.07. The molecule has 1 rings (SSSR count). The van der Waals surface area contributed by atoms with Crippen LogP contribution in [0.3, 0.4) is 0 Å². The molecule has 0 aliphatic carbocycles. The van der Waals surface area contributed by atoms with Gasteiger partial charge in [0.05, 0.1) is 4.90 Å². The fourth-order valence-corrected chi connectivity index (χ4v) is 2.21. The fourth-order valence-electron chi connectivity index (χ4n) is 1.70. The summed E-state index contributed by atoms with van der Waals surface area (Å²) in [6.45, 7) is 3.73. The van der Waals surface area contributed by atoms with Crippen LogP contribution in [0.15, 0.2) is 29.2 Å². The zero-order valence-electron chi connectivity index (χ0n) is 10.9. The van der Waals surface area contributed by atoms with Gasteiger partial charge in [-0.2, -0.15) is 0 Å². The summed E-state index contributed by atoms with van der Waals surface area (Å²) in [6.07, 6.45) is 0.782. The van der Waals surface area contributed by atoms with E-state index in [2.05, 4.69) is 0 Å². The second kappa shape index (κ2) is 6.03. The van der Waals surface area contributed by atoms with Crippen LogP contribution >= 0.6 is 0 Å². The second-order valence-electron chi connectivity index (χ2n) is 4.32. The Kier molecular flexibility index (Phi) is 4.90. The molecular formula is C12H18N2O4S. The van der Waals surface area contributed by atoms with E-state index < -0.39 is 16.0 Å². The van der Waals surface area contributed by atoms with E-state index in [1.165, 1.54) is 12.1 Å². The van der Waals surface area contributed by atoms with Crippen LogP contribution in [0.1, 0.15) is 20.3 Å². The van der Waals surface area contributed by atoms with Crippen molar-refractivity contribution >= 4 is 21.7 Å². The highest BCUT2D eigenvalue weighted by Crippen LogP contribution is 2.20. The molecule has 0 aromatic heterocycles. The number of carbonyl (C=O) groups is 1. The molecule has 0 aliphatic heterocycles. The summed E-state index contributed by atoms with van der Waals surface area (Å²) >= 11 is 0. The van der Waals surface area contributed by atoms with Crippen LogP contribution in [-0.4, -0.2) is 32.1 Å². The maximum atomic E-state index is 11.2. The minimum absolute atomic E-state index is 0.00989. The monoisotopic (exact) mass is 286 g/mol. The Hall–Kier alpha value is -1.60. The second-order valence-corrected chi connectivity index (χ2v) is 5.88. The number of carboxylic acids is 1. The molecule has 1 unspecified atom stereocenters. The van der Waals surface area contributed by atoms with Crippen molar-refractivity contribution in [3.63, 3.8) is 0 Å². The van der Waals surface area contributed by atoms with Crippen LogP contribution in [-0.2, 0) is 14.8 Å². The molecule has 1 atom stereocenters. The Morgan fingerprint density at radius 2 is 1.89 bits per heavy atom. The maximum Gasteiger partial charge on any atom is 0.323 e. The first-order chi connectivity index (χ1) is 8.75. The molecule has 1 aromatic carbocycles. The minimum Gasteiger partial charge on any atom is -0.480 e. The van der Waals surface area contributed by atoms with Gasteiger partial charge in [0.2, 0.25) is 10.0 Å². The summed E-state index contributed by atoms with van der Waals surface area (Å²) in [7, 11) is -3.73. The summed E-state index contributed by atoms with van der Waals surface area (Å²) in [5, 5.41) is 13.9. The lowest BCUT2D eigenvalue weighted by atomic mass is 10.2. The van der Waals surface area contributed by atoms with Crippen LogP contribution in [0.5, 0.6) is 0 Å². The van der Waals surface area contributed by atoms with Gasteiger partial charge in [-0.15, -0.1) is 0 Å². The molecule has 0 saturated heterocycles. The molecule has 0 fully saturated rings. The third kappa shape index (κ3) is 4.22. The van der Waals surface area contributed by atoms with Gasteiger partial charge < -0.3 is 10.0 Å². The molecule has 0 spiro atoms. The van der Waals surface area contributed by atoms with Crippen LogP contribution in [0, 0.1) is 0 Å². The summed E-state index contributed by atoms with van der Waals surface area (Å²) in [5.74, 6) is -0.934. The van der Waals surface area contributed by atoms with Crippen molar-refractivity contribution in [2.45, 2.75) is 31.2 Å². The molecule has 19 heavy (non-hydrogen) atoms. The van der Waals surface area contributed by atoms with Crippen molar-refractivity contribution in [1.82, 2.24) is 0 Å². The quantitative estimate of drug-likeness (QED) is 0.813. The number of carboxylic acid groups (broad SMARTS) is 1. The zero-order valence-corrected chi connectivity index (χ0v) is 11.7. The normalized spacial score (nSPS) is 13.0. The van der Waals surface area contributed by atoms with Crippen LogP contribution in [0.25, 0.3) is 0 Å². The lowest BCUT2D eigenvalue weighted by Crippen LogP contribution is -2.37. The maximum absolute atomic E-state index is 11.2. The third-order valence-corrected chi connectivity index (χ3v) is 3.85. The van der Waals surface area contributed by atoms with Crippen molar-refractivity contribution in [3.8, 4) is 0 Å². The zero-order chi connectivity index (χ0) is 14.6. The number of anilines is 1. The molecular weight excluding hydrogens is 268 g/mol. The van der Waals surface area contributed by atoms with Crippen molar-refractivity contribution < 1.29 is 18.3 Å². The molecule has 0 aliphatic rings. The number of rotatable bonds is 6. The van der Waals surface area contributed by atoms with E-state index in [0.29, 0.717) is 5.69 Å². The topological polar surface area (TPSA) is 101 Å². The number of nitrogens with two attached hydrogens (primary N) is 1. The lowest BCUT2D eigenvalue weighted by molar-refractivity contribution is -0.135. The molecule has 7 heteroatoms. The lowest BCUT2D eigenvalue weighted by Gasteiger charge is -2.29. The SMILES string of the molecule is CCC(C)N(CC(=O)O)c1ccc(S(N)(=O)=O)cc1. The van der Waals surface area contributed by atoms with E-state index in [1.807, 2.05) is 13.8 Å². The summed E-state index contributed by atoms with van der Waals surface area (Å²) < 4.78 is 22.3. The van der Waals surface area contributed by atoms with E-state index in [9.17, 15) is 13.2 Å². The Morgan fingerprint density at radius 1 is 1.37 bits per heavy atom. The predicted molar refractivity (Wildman–Crippen MR) is 72.6 cm³/mol. The van der Waals surface area contributed by atoms with E-state index >= 15 is 0 Å². The average molecular weight is 286 g/mol. The molecule has 0 bridgehead atoms. The Morgan fingerprint density at radius 3 is 2.26 bits per heavy atom. The molecule has 6 nitrogen and oxygen atoms in total. The van der Waals surface area contributed by atoms with E-state index in [4.69, 9.17) is 10.2 Å². The molecule has 3 N–H and O–H groups in total. The van der Waals surface area contributed by atoms with Gasteiger partial charge in [0.25, 0.3) is 0 Å². The van der Waals surface area contributed by atoms with Gasteiger partial charge in [-0.3, -0.25) is 4.79 Å². The van der Waals surface area contributed by atoms with Crippen molar-refractivity contribution in [2.24, 2.45) is 5.14 Å². The standard InChI is InChI=1S/C12H18N2O4S/c1-3-9(2)14(8-12(15)16)10-4-6-11(7-5-10)19(13,17)18/h4-7,9H,3,8H2,1-2H3,(H,15,16)(H2,13,17,18). The molecule has 0 saturated carbocycles. The number of hydrogen-bond donors (Lipinski definition) is 2. The first kappa shape index (κ1) is 15.5. The number of aliphatic carboxylic acids is 1.